The van der Waals surface area contributed by atoms with Gasteiger partial charge in [0.25, 0.3) is 5.91 Å². The Balaban J connectivity index is 1.69. The lowest BCUT2D eigenvalue weighted by Gasteiger charge is -2.12. The number of carbonyl (C=O) groups excluding carboxylic acids is 2. The average Bonchev–Trinajstić information content (AvgIpc) is 2.94. The summed E-state index contributed by atoms with van der Waals surface area (Å²) in [6.07, 6.45) is 2.72. The summed E-state index contributed by atoms with van der Waals surface area (Å²) in [5.41, 5.74) is 2.75. The van der Waals surface area contributed by atoms with E-state index in [1.54, 1.807) is 35.8 Å². The molecular weight excluding hydrogens is 320 g/mol. The van der Waals surface area contributed by atoms with Crippen molar-refractivity contribution in [3.8, 4) is 11.1 Å². The first-order valence-corrected chi connectivity index (χ1v) is 9.11. The minimum absolute atomic E-state index is 0.0196. The van der Waals surface area contributed by atoms with E-state index in [1.165, 1.54) is 4.90 Å². The maximum Gasteiger partial charge on any atom is 0.251 e. The van der Waals surface area contributed by atoms with Crippen molar-refractivity contribution in [2.24, 2.45) is 0 Å². The van der Waals surface area contributed by atoms with Gasteiger partial charge in [0.05, 0.1) is 0 Å². The third kappa shape index (κ3) is 3.46. The van der Waals surface area contributed by atoms with Gasteiger partial charge in [-0.1, -0.05) is 24.3 Å². The number of thioether (sulfide) groups is 1. The third-order valence-electron chi connectivity index (χ3n) is 4.30. The van der Waals surface area contributed by atoms with Crippen LogP contribution in [0.25, 0.3) is 11.1 Å². The van der Waals surface area contributed by atoms with Crippen LogP contribution in [0.1, 0.15) is 16.8 Å². The van der Waals surface area contributed by atoms with E-state index in [0.717, 1.165) is 11.1 Å². The number of nitrogens with zero attached hydrogens (tertiary/aromatic N) is 1. The first-order valence-electron chi connectivity index (χ1n) is 7.89. The molecule has 0 spiro atoms. The molecule has 1 N–H and O–H groups in total. The Kier molecular flexibility index (Phi) is 4.90. The largest absolute Gasteiger partial charge is 0.344 e. The van der Waals surface area contributed by atoms with Crippen molar-refractivity contribution in [1.82, 2.24) is 10.2 Å². The number of amides is 2. The monoisotopic (exact) mass is 340 g/mol. The zero-order valence-corrected chi connectivity index (χ0v) is 14.6. The van der Waals surface area contributed by atoms with E-state index in [9.17, 15) is 9.59 Å². The predicted octanol–water partition coefficient (Wildman–Crippen LogP) is 3.04. The zero-order valence-electron chi connectivity index (χ0n) is 13.8. The van der Waals surface area contributed by atoms with Crippen LogP contribution in [0.3, 0.4) is 0 Å². The molecule has 0 aromatic heterocycles. The fourth-order valence-electron chi connectivity index (χ4n) is 2.80. The van der Waals surface area contributed by atoms with Gasteiger partial charge in [-0.15, -0.1) is 11.8 Å². The molecule has 0 bridgehead atoms. The lowest BCUT2D eigenvalue weighted by molar-refractivity contribution is -0.128. The van der Waals surface area contributed by atoms with Crippen molar-refractivity contribution < 1.29 is 9.59 Å². The highest BCUT2D eigenvalue weighted by molar-refractivity contribution is 7.98. The van der Waals surface area contributed by atoms with Gasteiger partial charge in [0.15, 0.2) is 0 Å². The second-order valence-electron chi connectivity index (χ2n) is 5.88. The minimum Gasteiger partial charge on any atom is -0.344 e. The average molecular weight is 340 g/mol. The number of carbonyl (C=O) groups is 2. The molecule has 1 saturated heterocycles. The highest BCUT2D eigenvalue weighted by Crippen LogP contribution is 2.23. The summed E-state index contributed by atoms with van der Waals surface area (Å²) in [5, 5.41) is 2.82. The SMILES string of the molecule is CSc1ccc(-c2ccc(C(=O)N[C@@H]3CCN(C)C3=O)cc2)cc1. The van der Waals surface area contributed by atoms with Crippen molar-refractivity contribution in [1.29, 1.82) is 0 Å². The van der Waals surface area contributed by atoms with Gasteiger partial charge in [-0.25, -0.2) is 0 Å². The predicted molar refractivity (Wildman–Crippen MR) is 97.2 cm³/mol. The van der Waals surface area contributed by atoms with Gasteiger partial charge in [0, 0.05) is 24.1 Å². The lowest BCUT2D eigenvalue weighted by Crippen LogP contribution is -2.40. The number of hydrogen-bond donors (Lipinski definition) is 1. The van der Waals surface area contributed by atoms with Crippen molar-refractivity contribution in [2.75, 3.05) is 19.8 Å². The summed E-state index contributed by atoms with van der Waals surface area (Å²) in [6.45, 7) is 0.689. The highest BCUT2D eigenvalue weighted by atomic mass is 32.2. The Bertz CT molecular complexity index is 741. The summed E-state index contributed by atoms with van der Waals surface area (Å²) in [4.78, 5) is 27.0. The molecule has 1 aliphatic rings. The number of likely N-dealkylation sites (N-methyl/N-ethyl adjacent to an activating group) is 1. The first-order chi connectivity index (χ1) is 11.6. The number of likely N-dealkylation sites (tertiary alicyclic amines) is 1. The van der Waals surface area contributed by atoms with Gasteiger partial charge < -0.3 is 10.2 Å². The second kappa shape index (κ2) is 7.09. The van der Waals surface area contributed by atoms with Gasteiger partial charge in [0.1, 0.15) is 6.04 Å². The van der Waals surface area contributed by atoms with Gasteiger partial charge in [-0.05, 0) is 48.1 Å². The second-order valence-corrected chi connectivity index (χ2v) is 6.76. The van der Waals surface area contributed by atoms with Crippen LogP contribution in [0.2, 0.25) is 0 Å². The molecule has 0 saturated carbocycles. The molecule has 0 aliphatic carbocycles. The maximum absolute atomic E-state index is 12.3. The molecule has 5 heteroatoms. The Morgan fingerprint density at radius 2 is 1.67 bits per heavy atom. The number of rotatable bonds is 4. The Morgan fingerprint density at radius 3 is 2.17 bits per heavy atom. The molecule has 2 amide bonds. The quantitative estimate of drug-likeness (QED) is 0.871. The number of hydrogen-bond acceptors (Lipinski definition) is 3. The Hall–Kier alpha value is -2.27. The zero-order chi connectivity index (χ0) is 17.1. The summed E-state index contributed by atoms with van der Waals surface area (Å²) in [6, 6.07) is 15.4. The van der Waals surface area contributed by atoms with E-state index in [1.807, 2.05) is 12.1 Å². The summed E-state index contributed by atoms with van der Waals surface area (Å²) >= 11 is 1.71. The van der Waals surface area contributed by atoms with E-state index in [-0.39, 0.29) is 11.8 Å². The van der Waals surface area contributed by atoms with Crippen LogP contribution in [-0.4, -0.2) is 42.6 Å². The van der Waals surface area contributed by atoms with Crippen LogP contribution < -0.4 is 5.32 Å². The van der Waals surface area contributed by atoms with Crippen LogP contribution >= 0.6 is 11.8 Å². The molecule has 1 fully saturated rings. The maximum atomic E-state index is 12.3. The van der Waals surface area contributed by atoms with E-state index in [0.29, 0.717) is 18.5 Å². The minimum atomic E-state index is -0.402. The van der Waals surface area contributed by atoms with Crippen molar-refractivity contribution in [2.45, 2.75) is 17.4 Å². The number of nitrogens with one attached hydrogen (secondary N) is 1. The molecule has 2 aromatic rings. The van der Waals surface area contributed by atoms with E-state index in [4.69, 9.17) is 0 Å². The van der Waals surface area contributed by atoms with E-state index in [2.05, 4.69) is 35.8 Å². The summed E-state index contributed by atoms with van der Waals surface area (Å²) in [7, 11) is 1.76. The molecule has 2 aromatic carbocycles. The van der Waals surface area contributed by atoms with Crippen LogP contribution in [0.15, 0.2) is 53.4 Å². The van der Waals surface area contributed by atoms with Crippen molar-refractivity contribution >= 4 is 23.6 Å². The molecule has 1 heterocycles. The van der Waals surface area contributed by atoms with Crippen molar-refractivity contribution in [3.05, 3.63) is 54.1 Å². The Morgan fingerprint density at radius 1 is 1.08 bits per heavy atom. The summed E-state index contributed by atoms with van der Waals surface area (Å²) in [5.74, 6) is -0.221. The highest BCUT2D eigenvalue weighted by Gasteiger charge is 2.30. The van der Waals surface area contributed by atoms with Gasteiger partial charge in [-0.2, -0.15) is 0 Å². The molecule has 24 heavy (non-hydrogen) atoms. The molecule has 3 rings (SSSR count). The van der Waals surface area contributed by atoms with E-state index < -0.39 is 6.04 Å². The van der Waals surface area contributed by atoms with Crippen LogP contribution in [-0.2, 0) is 4.79 Å². The van der Waals surface area contributed by atoms with Crippen LogP contribution in [0.4, 0.5) is 0 Å². The first kappa shape index (κ1) is 16.6. The molecular formula is C19H20N2O2S. The van der Waals surface area contributed by atoms with Crippen LogP contribution in [0.5, 0.6) is 0 Å². The smallest absolute Gasteiger partial charge is 0.251 e. The third-order valence-corrected chi connectivity index (χ3v) is 5.05. The van der Waals surface area contributed by atoms with Crippen molar-refractivity contribution in [3.63, 3.8) is 0 Å². The Labute approximate surface area is 146 Å². The van der Waals surface area contributed by atoms with E-state index >= 15 is 0 Å². The normalized spacial score (nSPS) is 17.2. The van der Waals surface area contributed by atoms with Gasteiger partial charge in [-0.3, -0.25) is 9.59 Å². The molecule has 0 unspecified atom stereocenters. The van der Waals surface area contributed by atoms with Crippen LogP contribution in [0, 0.1) is 0 Å². The fourth-order valence-corrected chi connectivity index (χ4v) is 3.20. The molecule has 124 valence electrons. The molecule has 0 radical (unpaired) electrons. The molecule has 4 nitrogen and oxygen atoms in total. The van der Waals surface area contributed by atoms with Gasteiger partial charge >= 0.3 is 0 Å². The lowest BCUT2D eigenvalue weighted by atomic mass is 10.0. The molecule has 1 aliphatic heterocycles. The number of benzene rings is 2. The standard InChI is InChI=1S/C19H20N2O2S/c1-21-12-11-17(19(21)23)20-18(22)15-5-3-13(4-6-15)14-7-9-16(24-2)10-8-14/h3-10,17H,11-12H2,1-2H3,(H,20,22)/t17-/m1/s1. The topological polar surface area (TPSA) is 49.4 Å². The molecule has 1 atom stereocenters. The summed E-state index contributed by atoms with van der Waals surface area (Å²) < 4.78 is 0. The van der Waals surface area contributed by atoms with Gasteiger partial charge in [0.2, 0.25) is 5.91 Å². The fraction of sp³-hybridized carbons (Fsp3) is 0.263.